The molecule has 0 atom stereocenters. The van der Waals surface area contributed by atoms with E-state index in [1.807, 2.05) is 11.2 Å². The molecule has 0 amide bonds. The van der Waals surface area contributed by atoms with E-state index in [2.05, 4.69) is 6.58 Å². The van der Waals surface area contributed by atoms with Gasteiger partial charge in [-0.2, -0.15) is 5.26 Å². The summed E-state index contributed by atoms with van der Waals surface area (Å²) in [6.45, 7) is 3.84. The zero-order valence-corrected chi connectivity index (χ0v) is 8.10. The Balaban J connectivity index is 2.99. The van der Waals surface area contributed by atoms with E-state index in [0.717, 1.165) is 10.4 Å². The third-order valence-corrected chi connectivity index (χ3v) is 1.76. The van der Waals surface area contributed by atoms with Crippen molar-refractivity contribution >= 4 is 18.9 Å². The van der Waals surface area contributed by atoms with Crippen LogP contribution in [0.25, 0.3) is 12.7 Å². The number of nitriles is 1. The van der Waals surface area contributed by atoms with Crippen molar-refractivity contribution in [3.8, 4) is 11.8 Å². The normalized spacial score (nSPS) is 11.5. The number of hydrogen-bond acceptors (Lipinski definition) is 3. The smallest absolute Gasteiger partial charge is 0.213 e. The van der Waals surface area contributed by atoms with Crippen molar-refractivity contribution in [3.05, 3.63) is 28.6 Å². The van der Waals surface area contributed by atoms with Gasteiger partial charge in [0.2, 0.25) is 6.21 Å². The molecule has 0 spiro atoms. The Morgan fingerprint density at radius 3 is 3.00 bits per heavy atom. The predicted octanol–water partition coefficient (Wildman–Crippen LogP) is -1.68. The molecule has 0 saturated heterocycles. The summed E-state index contributed by atoms with van der Waals surface area (Å²) in [4.78, 5) is 0. The summed E-state index contributed by atoms with van der Waals surface area (Å²) in [6, 6.07) is 7.15. The van der Waals surface area contributed by atoms with Gasteiger partial charge >= 0.3 is 0 Å². The van der Waals surface area contributed by atoms with Gasteiger partial charge in [0.05, 0.1) is 0 Å². The maximum absolute atomic E-state index is 8.37. The van der Waals surface area contributed by atoms with Crippen LogP contribution in [-0.2, 0) is 0 Å². The molecule has 0 aromatic heterocycles. The van der Waals surface area contributed by atoms with Gasteiger partial charge in [-0.05, 0) is 27.7 Å². The molecule has 0 heterocycles. The highest BCUT2D eigenvalue weighted by molar-refractivity contribution is 5.86. The van der Waals surface area contributed by atoms with E-state index in [0.29, 0.717) is 5.75 Å². The first kappa shape index (κ1) is 10.8. The molecule has 0 unspecified atom stereocenters. The Morgan fingerprint density at radius 1 is 1.60 bits per heavy atom. The van der Waals surface area contributed by atoms with Gasteiger partial charge in [0.25, 0.3) is 0 Å². The van der Waals surface area contributed by atoms with E-state index in [1.54, 1.807) is 24.3 Å². The largest absolute Gasteiger partial charge is 0.479 e. The molecular formula is C11H11N2O2+. The van der Waals surface area contributed by atoms with Gasteiger partial charge in [0.15, 0.2) is 6.61 Å². The summed E-state index contributed by atoms with van der Waals surface area (Å²) in [5, 5.41) is 20.2. The predicted molar refractivity (Wildman–Crippen MR) is 55.6 cm³/mol. The second kappa shape index (κ2) is 5.45. The lowest BCUT2D eigenvalue weighted by molar-refractivity contribution is -0.733. The summed E-state index contributed by atoms with van der Waals surface area (Å²) in [7, 11) is 0. The van der Waals surface area contributed by atoms with Crippen molar-refractivity contribution in [3.63, 3.8) is 0 Å². The van der Waals surface area contributed by atoms with Crippen molar-refractivity contribution in [1.82, 2.24) is 0 Å². The fourth-order valence-corrected chi connectivity index (χ4v) is 1.08. The quantitative estimate of drug-likeness (QED) is 0.350. The molecule has 0 saturated carbocycles. The zero-order valence-electron chi connectivity index (χ0n) is 8.10. The first-order chi connectivity index (χ1) is 7.27. The molecule has 0 radical (unpaired) electrons. The van der Waals surface area contributed by atoms with Crippen molar-refractivity contribution in [1.29, 1.82) is 5.26 Å². The fourth-order valence-electron chi connectivity index (χ4n) is 1.08. The van der Waals surface area contributed by atoms with Gasteiger partial charge < -0.3 is 4.74 Å². The molecule has 0 aliphatic carbocycles. The Hall–Kier alpha value is -2.28. The Bertz CT molecular complexity index is 500. The van der Waals surface area contributed by atoms with E-state index in [9.17, 15) is 0 Å². The third kappa shape index (κ3) is 3.16. The Morgan fingerprint density at radius 2 is 2.40 bits per heavy atom. The number of hydrogen-bond donors (Lipinski definition) is 2. The highest BCUT2D eigenvalue weighted by atomic mass is 16.5. The van der Waals surface area contributed by atoms with Crippen molar-refractivity contribution in [2.24, 2.45) is 0 Å². The van der Waals surface area contributed by atoms with E-state index in [4.69, 9.17) is 15.2 Å². The molecule has 1 rings (SSSR count). The average molecular weight is 203 g/mol. The molecular weight excluding hydrogens is 192 g/mol. The van der Waals surface area contributed by atoms with Gasteiger partial charge in [-0.25, -0.2) is 0 Å². The van der Waals surface area contributed by atoms with E-state index in [-0.39, 0.29) is 6.61 Å². The highest BCUT2D eigenvalue weighted by Crippen LogP contribution is 2.02. The summed E-state index contributed by atoms with van der Waals surface area (Å²) in [5.74, 6) is 0.607. The first-order valence-corrected chi connectivity index (χ1v) is 4.30. The SMILES string of the molecule is C=c1cc(OCC#N)cc/c1=C/C=[NH+]/O. The van der Waals surface area contributed by atoms with Crippen LogP contribution in [0, 0.1) is 11.3 Å². The molecule has 4 nitrogen and oxygen atoms in total. The van der Waals surface area contributed by atoms with Crippen LogP contribution >= 0.6 is 0 Å². The van der Waals surface area contributed by atoms with Crippen molar-refractivity contribution in [2.75, 3.05) is 6.61 Å². The minimum atomic E-state index is 0.0207. The minimum Gasteiger partial charge on any atom is -0.479 e. The summed E-state index contributed by atoms with van der Waals surface area (Å²) in [6.07, 6.45) is 3.07. The molecule has 4 heteroatoms. The van der Waals surface area contributed by atoms with Crippen LogP contribution in [-0.4, -0.2) is 18.0 Å². The number of nitrogens with zero attached hydrogens (tertiary/aromatic N) is 1. The lowest BCUT2D eigenvalue weighted by atomic mass is 10.2. The molecule has 0 aliphatic rings. The maximum Gasteiger partial charge on any atom is 0.213 e. The van der Waals surface area contributed by atoms with Crippen LogP contribution in [0.1, 0.15) is 0 Å². The van der Waals surface area contributed by atoms with Gasteiger partial charge in [0.1, 0.15) is 11.8 Å². The maximum atomic E-state index is 8.37. The lowest BCUT2D eigenvalue weighted by Crippen LogP contribution is -2.63. The molecule has 2 N–H and O–H groups in total. The Labute approximate surface area is 87.0 Å². The van der Waals surface area contributed by atoms with E-state index >= 15 is 0 Å². The van der Waals surface area contributed by atoms with Crippen LogP contribution < -0.4 is 20.3 Å². The number of nitrogens with one attached hydrogen (secondary N) is 1. The standard InChI is InChI=1S/C11H10N2O2/c1-9-8-11(15-7-5-12)3-2-10(9)4-6-13-14/h2-4,6,8,14H,1,7H2/p+1/b10-4-,13-6+. The molecule has 0 fully saturated rings. The van der Waals surface area contributed by atoms with Gasteiger partial charge in [0, 0.05) is 6.08 Å². The van der Waals surface area contributed by atoms with Crippen molar-refractivity contribution < 1.29 is 15.1 Å². The topological polar surface area (TPSA) is 67.2 Å². The summed E-state index contributed by atoms with van der Waals surface area (Å²) in [5.41, 5.74) is 0. The van der Waals surface area contributed by atoms with Crippen LogP contribution in [0.15, 0.2) is 18.2 Å². The molecule has 0 aliphatic heterocycles. The monoisotopic (exact) mass is 203 g/mol. The van der Waals surface area contributed by atoms with Crippen LogP contribution in [0.5, 0.6) is 5.75 Å². The molecule has 0 bridgehead atoms. The third-order valence-electron chi connectivity index (χ3n) is 1.76. The van der Waals surface area contributed by atoms with Crippen molar-refractivity contribution in [2.45, 2.75) is 0 Å². The molecule has 76 valence electrons. The van der Waals surface area contributed by atoms with E-state index in [1.165, 1.54) is 6.21 Å². The van der Waals surface area contributed by atoms with Crippen LogP contribution in [0.2, 0.25) is 0 Å². The highest BCUT2D eigenvalue weighted by Gasteiger charge is 1.92. The summed E-state index contributed by atoms with van der Waals surface area (Å²) < 4.78 is 5.11. The van der Waals surface area contributed by atoms with Gasteiger partial charge in [-0.3, -0.25) is 5.21 Å². The molecule has 1 aromatic carbocycles. The number of benzene rings is 1. The molecule has 1 aromatic rings. The number of rotatable bonds is 3. The average Bonchev–Trinajstić information content (AvgIpc) is 2.25. The van der Waals surface area contributed by atoms with Gasteiger partial charge in [-0.15, -0.1) is 0 Å². The fraction of sp³-hybridized carbons (Fsp3) is 0.0909. The van der Waals surface area contributed by atoms with E-state index < -0.39 is 0 Å². The minimum absolute atomic E-state index is 0.0207. The lowest BCUT2D eigenvalue weighted by Gasteiger charge is -1.99. The van der Waals surface area contributed by atoms with Gasteiger partial charge in [-0.1, -0.05) is 12.6 Å². The second-order valence-electron chi connectivity index (χ2n) is 2.77. The van der Waals surface area contributed by atoms with Crippen LogP contribution in [0.3, 0.4) is 0 Å². The number of ether oxygens (including phenoxy) is 1. The second-order valence-corrected chi connectivity index (χ2v) is 2.77. The first-order valence-electron chi connectivity index (χ1n) is 4.30. The van der Waals surface area contributed by atoms with Crippen LogP contribution in [0.4, 0.5) is 0 Å². The zero-order chi connectivity index (χ0) is 11.1. The molecule has 15 heavy (non-hydrogen) atoms. The Kier molecular flexibility index (Phi) is 3.92. The summed E-state index contributed by atoms with van der Waals surface area (Å²) >= 11 is 0.